The van der Waals surface area contributed by atoms with Crippen molar-refractivity contribution in [2.45, 2.75) is 26.3 Å². The van der Waals surface area contributed by atoms with E-state index in [9.17, 15) is 19.7 Å². The van der Waals surface area contributed by atoms with Gasteiger partial charge in [0.2, 0.25) is 0 Å². The molecule has 7 heteroatoms. The molecule has 0 aliphatic rings. The molecule has 0 radical (unpaired) electrons. The van der Waals surface area contributed by atoms with E-state index in [4.69, 9.17) is 5.11 Å². The number of benzene rings is 1. The Kier molecular flexibility index (Phi) is 4.12. The number of hydrogen-bond donors (Lipinski definition) is 1. The molecule has 1 rings (SSSR count). The number of carbonyl (C=O) groups is 2. The minimum absolute atomic E-state index is 0.112. The lowest BCUT2D eigenvalue weighted by molar-refractivity contribution is -0.384. The first-order valence-electron chi connectivity index (χ1n) is 5.85. The third-order valence-electron chi connectivity index (χ3n) is 3.32. The minimum Gasteiger partial charge on any atom is -0.480 e. The molecule has 0 saturated heterocycles. The number of nitro groups is 1. The average molecular weight is 280 g/mol. The number of carboxylic acids is 1. The Hall–Kier alpha value is -2.44. The lowest BCUT2D eigenvalue weighted by Crippen LogP contribution is -2.50. The van der Waals surface area contributed by atoms with Crippen molar-refractivity contribution in [2.24, 2.45) is 0 Å². The molecule has 0 saturated carbocycles. The van der Waals surface area contributed by atoms with Crippen LogP contribution in [0.25, 0.3) is 0 Å². The summed E-state index contributed by atoms with van der Waals surface area (Å²) < 4.78 is 0. The third kappa shape index (κ3) is 2.76. The van der Waals surface area contributed by atoms with Crippen LogP contribution < -0.4 is 0 Å². The van der Waals surface area contributed by atoms with E-state index in [1.54, 1.807) is 6.92 Å². The summed E-state index contributed by atoms with van der Waals surface area (Å²) >= 11 is 0. The zero-order valence-electron chi connectivity index (χ0n) is 11.7. The second-order valence-corrected chi connectivity index (χ2v) is 4.98. The summed E-state index contributed by atoms with van der Waals surface area (Å²) in [7, 11) is 1.39. The van der Waals surface area contributed by atoms with Crippen LogP contribution in [0.15, 0.2) is 18.2 Å². The van der Waals surface area contributed by atoms with Gasteiger partial charge >= 0.3 is 5.97 Å². The predicted molar refractivity (Wildman–Crippen MR) is 71.6 cm³/mol. The van der Waals surface area contributed by atoms with Crippen LogP contribution in [0.3, 0.4) is 0 Å². The molecule has 1 N–H and O–H groups in total. The van der Waals surface area contributed by atoms with E-state index in [2.05, 4.69) is 0 Å². The van der Waals surface area contributed by atoms with Crippen molar-refractivity contribution >= 4 is 17.6 Å². The van der Waals surface area contributed by atoms with Crippen LogP contribution in [0.1, 0.15) is 29.8 Å². The average Bonchev–Trinajstić information content (AvgIpc) is 2.36. The van der Waals surface area contributed by atoms with Gasteiger partial charge in [0.05, 0.1) is 4.92 Å². The first kappa shape index (κ1) is 15.6. The maximum Gasteiger partial charge on any atom is 0.329 e. The van der Waals surface area contributed by atoms with Gasteiger partial charge in [-0.05, 0) is 32.4 Å². The monoisotopic (exact) mass is 280 g/mol. The van der Waals surface area contributed by atoms with Crippen molar-refractivity contribution in [2.75, 3.05) is 7.05 Å². The van der Waals surface area contributed by atoms with Crippen molar-refractivity contribution in [1.82, 2.24) is 4.90 Å². The lowest BCUT2D eigenvalue weighted by Gasteiger charge is -2.31. The van der Waals surface area contributed by atoms with Gasteiger partial charge in [-0.2, -0.15) is 0 Å². The van der Waals surface area contributed by atoms with Crippen molar-refractivity contribution in [3.63, 3.8) is 0 Å². The van der Waals surface area contributed by atoms with Gasteiger partial charge in [0.25, 0.3) is 11.6 Å². The molecule has 0 unspecified atom stereocenters. The number of carbonyl (C=O) groups excluding carboxylic acids is 1. The van der Waals surface area contributed by atoms with E-state index in [1.165, 1.54) is 39.1 Å². The zero-order valence-corrected chi connectivity index (χ0v) is 11.7. The number of nitro benzene ring substituents is 1. The second kappa shape index (κ2) is 5.28. The summed E-state index contributed by atoms with van der Waals surface area (Å²) in [6.07, 6.45) is 0. The van der Waals surface area contributed by atoms with Gasteiger partial charge in [-0.3, -0.25) is 14.9 Å². The van der Waals surface area contributed by atoms with Gasteiger partial charge in [0.1, 0.15) is 5.54 Å². The maximum absolute atomic E-state index is 12.3. The van der Waals surface area contributed by atoms with Crippen molar-refractivity contribution in [1.29, 1.82) is 0 Å². The summed E-state index contributed by atoms with van der Waals surface area (Å²) in [6, 6.07) is 3.85. The van der Waals surface area contributed by atoms with Crippen LogP contribution in [0.4, 0.5) is 5.69 Å². The molecule has 7 nitrogen and oxygen atoms in total. The fourth-order valence-corrected chi connectivity index (χ4v) is 1.58. The van der Waals surface area contributed by atoms with E-state index >= 15 is 0 Å². The molecule has 0 aromatic heterocycles. The lowest BCUT2D eigenvalue weighted by atomic mass is 10.0. The van der Waals surface area contributed by atoms with Crippen LogP contribution in [0.5, 0.6) is 0 Å². The highest BCUT2D eigenvalue weighted by atomic mass is 16.6. The van der Waals surface area contributed by atoms with Crippen LogP contribution in [-0.2, 0) is 4.79 Å². The smallest absolute Gasteiger partial charge is 0.329 e. The Morgan fingerprint density at radius 3 is 2.30 bits per heavy atom. The van der Waals surface area contributed by atoms with Crippen LogP contribution >= 0.6 is 0 Å². The molecule has 0 aliphatic heterocycles. The van der Waals surface area contributed by atoms with Crippen LogP contribution in [-0.4, -0.2) is 39.4 Å². The molecule has 108 valence electrons. The largest absolute Gasteiger partial charge is 0.480 e. The molecule has 0 spiro atoms. The first-order valence-corrected chi connectivity index (χ1v) is 5.85. The SMILES string of the molecule is Cc1cc([N+](=O)[O-])ccc1C(=O)N(C)C(C)(C)C(=O)O. The third-order valence-corrected chi connectivity index (χ3v) is 3.32. The molecule has 20 heavy (non-hydrogen) atoms. The molecule has 0 aliphatic carbocycles. The summed E-state index contributed by atoms with van der Waals surface area (Å²) in [5.74, 6) is -1.63. The number of nitrogens with zero attached hydrogens (tertiary/aromatic N) is 2. The number of hydrogen-bond acceptors (Lipinski definition) is 4. The molecule has 0 fully saturated rings. The van der Waals surface area contributed by atoms with Gasteiger partial charge in [-0.25, -0.2) is 4.79 Å². The summed E-state index contributed by atoms with van der Waals surface area (Å²) in [5, 5.41) is 19.8. The van der Waals surface area contributed by atoms with Crippen molar-refractivity contribution < 1.29 is 19.6 Å². The van der Waals surface area contributed by atoms with Gasteiger partial charge < -0.3 is 10.0 Å². The topological polar surface area (TPSA) is 101 Å². The van der Waals surface area contributed by atoms with Gasteiger partial charge in [-0.15, -0.1) is 0 Å². The summed E-state index contributed by atoms with van der Waals surface area (Å²) in [5.41, 5.74) is -0.811. The van der Waals surface area contributed by atoms with E-state index in [0.717, 1.165) is 4.90 Å². The number of aliphatic carboxylic acids is 1. The number of rotatable bonds is 4. The van der Waals surface area contributed by atoms with Gasteiger partial charge in [0.15, 0.2) is 0 Å². The van der Waals surface area contributed by atoms with E-state index < -0.39 is 22.3 Å². The summed E-state index contributed by atoms with van der Waals surface area (Å²) in [4.78, 5) is 34.6. The Balaban J connectivity index is 3.16. The molecule has 1 aromatic rings. The van der Waals surface area contributed by atoms with Gasteiger partial charge in [-0.1, -0.05) is 0 Å². The van der Waals surface area contributed by atoms with Crippen molar-refractivity contribution in [3.8, 4) is 0 Å². The molecule has 0 atom stereocenters. The predicted octanol–water partition coefficient (Wildman–Crippen LogP) is 1.84. The fraction of sp³-hybridized carbons (Fsp3) is 0.385. The molecule has 0 bridgehead atoms. The molecule has 1 aromatic carbocycles. The van der Waals surface area contributed by atoms with E-state index in [1.807, 2.05) is 0 Å². The first-order chi connectivity index (χ1) is 9.09. The van der Waals surface area contributed by atoms with E-state index in [-0.39, 0.29) is 11.3 Å². The number of aryl methyl sites for hydroxylation is 1. The highest BCUT2D eigenvalue weighted by molar-refractivity contribution is 5.98. The Labute approximate surface area is 116 Å². The van der Waals surface area contributed by atoms with Crippen LogP contribution in [0, 0.1) is 17.0 Å². The van der Waals surface area contributed by atoms with Crippen molar-refractivity contribution in [3.05, 3.63) is 39.4 Å². The Morgan fingerprint density at radius 2 is 1.90 bits per heavy atom. The van der Waals surface area contributed by atoms with Gasteiger partial charge in [0, 0.05) is 24.7 Å². The maximum atomic E-state index is 12.3. The number of carboxylic acid groups (broad SMARTS) is 1. The number of amides is 1. The highest BCUT2D eigenvalue weighted by Crippen LogP contribution is 2.21. The number of likely N-dealkylation sites (N-methyl/N-ethyl adjacent to an activating group) is 1. The molecular weight excluding hydrogens is 264 g/mol. The Bertz CT molecular complexity index is 580. The number of non-ortho nitro benzene ring substituents is 1. The highest BCUT2D eigenvalue weighted by Gasteiger charge is 2.36. The van der Waals surface area contributed by atoms with E-state index in [0.29, 0.717) is 5.56 Å². The Morgan fingerprint density at radius 1 is 1.35 bits per heavy atom. The molecule has 0 heterocycles. The molecular formula is C13H16N2O5. The quantitative estimate of drug-likeness (QED) is 0.669. The second-order valence-electron chi connectivity index (χ2n) is 4.98. The summed E-state index contributed by atoms with van der Waals surface area (Å²) in [6.45, 7) is 4.39. The normalized spacial score (nSPS) is 11.0. The zero-order chi connectivity index (χ0) is 15.7. The fourth-order valence-electron chi connectivity index (χ4n) is 1.58. The molecule has 1 amide bonds. The van der Waals surface area contributed by atoms with Crippen LogP contribution in [0.2, 0.25) is 0 Å². The standard InChI is InChI=1S/C13H16N2O5/c1-8-7-9(15(19)20)5-6-10(8)11(16)14(4)13(2,3)12(17)18/h5-7H,1-4H3,(H,17,18). The minimum atomic E-state index is -1.37.